The molecule has 26 heavy (non-hydrogen) atoms. The maximum atomic E-state index is 12.8. The molecule has 0 radical (unpaired) electrons. The summed E-state index contributed by atoms with van der Waals surface area (Å²) in [5.74, 6) is -1.25. The van der Waals surface area contributed by atoms with Gasteiger partial charge in [0.1, 0.15) is 22.4 Å². The lowest BCUT2D eigenvalue weighted by Crippen LogP contribution is -2.30. The molecule has 0 amide bonds. The van der Waals surface area contributed by atoms with E-state index in [0.29, 0.717) is 0 Å². The zero-order valence-electron chi connectivity index (χ0n) is 14.0. The van der Waals surface area contributed by atoms with Crippen LogP contribution in [0.2, 0.25) is 0 Å². The lowest BCUT2D eigenvalue weighted by molar-refractivity contribution is 0.0698. The van der Waals surface area contributed by atoms with Crippen LogP contribution in [0.15, 0.2) is 53.3 Å². The number of carbonyl (C=O) groups is 1. The number of carboxylic acid groups (broad SMARTS) is 1. The zero-order valence-corrected chi connectivity index (χ0v) is 15.6. The number of benzene rings is 1. The Hall–Kier alpha value is -2.56. The normalized spacial score (nSPS) is 13.0. The van der Waals surface area contributed by atoms with Crippen molar-refractivity contribution in [2.75, 3.05) is 7.05 Å². The van der Waals surface area contributed by atoms with E-state index in [1.807, 2.05) is 12.1 Å². The van der Waals surface area contributed by atoms with Gasteiger partial charge in [0.05, 0.1) is 5.69 Å². The van der Waals surface area contributed by atoms with Gasteiger partial charge in [-0.05, 0) is 36.1 Å². The molecule has 0 saturated heterocycles. The van der Waals surface area contributed by atoms with Crippen molar-refractivity contribution in [1.82, 2.24) is 19.1 Å². The third kappa shape index (κ3) is 3.26. The highest BCUT2D eigenvalue weighted by Crippen LogP contribution is 2.30. The Bertz CT molecular complexity index is 1010. The van der Waals surface area contributed by atoms with Crippen molar-refractivity contribution in [2.24, 2.45) is 0 Å². The average molecular weight is 392 g/mol. The summed E-state index contributed by atoms with van der Waals surface area (Å²) in [6.45, 7) is 1.74. The third-order valence-corrected chi connectivity index (χ3v) is 7.09. The maximum absolute atomic E-state index is 12.8. The number of sulfonamides is 1. The fourth-order valence-electron chi connectivity index (χ4n) is 2.48. The molecule has 0 unspecified atom stereocenters. The van der Waals surface area contributed by atoms with Gasteiger partial charge in [-0.15, -0.1) is 11.3 Å². The van der Waals surface area contributed by atoms with E-state index in [1.54, 1.807) is 30.1 Å². The third-order valence-electron chi connectivity index (χ3n) is 4.08. The Morgan fingerprint density at radius 2 is 1.96 bits per heavy atom. The highest BCUT2D eigenvalue weighted by Gasteiger charge is 2.31. The quantitative estimate of drug-likeness (QED) is 0.691. The monoisotopic (exact) mass is 392 g/mol. The Morgan fingerprint density at radius 3 is 2.54 bits per heavy atom. The number of hydrogen-bond donors (Lipinski definition) is 1. The average Bonchev–Trinajstić information content (AvgIpc) is 3.32. The fourth-order valence-corrected chi connectivity index (χ4v) is 5.06. The van der Waals surface area contributed by atoms with E-state index >= 15 is 0 Å². The van der Waals surface area contributed by atoms with Crippen molar-refractivity contribution in [3.05, 3.63) is 58.8 Å². The van der Waals surface area contributed by atoms with Gasteiger partial charge in [-0.2, -0.15) is 9.40 Å². The Balaban J connectivity index is 1.88. The molecule has 1 aromatic carbocycles. The fraction of sp³-hybridized carbons (Fsp3) is 0.188. The van der Waals surface area contributed by atoms with Crippen molar-refractivity contribution in [3.63, 3.8) is 0 Å². The van der Waals surface area contributed by atoms with Crippen LogP contribution < -0.4 is 0 Å². The standard InChI is InChI=1S/C16H16N4O4S2/c1-11(12-3-5-13(6-4-12)20-10-17-9-18-20)19(2)26(23,24)14-7-8-25-15(14)16(21)22/h3-11H,1-2H3,(H,21,22)/t11-/m0/s1. The minimum Gasteiger partial charge on any atom is -0.477 e. The van der Waals surface area contributed by atoms with Gasteiger partial charge >= 0.3 is 5.97 Å². The van der Waals surface area contributed by atoms with Gasteiger partial charge < -0.3 is 5.11 Å². The summed E-state index contributed by atoms with van der Waals surface area (Å²) in [5.41, 5.74) is 1.57. The highest BCUT2D eigenvalue weighted by atomic mass is 32.2. The van der Waals surface area contributed by atoms with Gasteiger partial charge in [-0.25, -0.2) is 22.9 Å². The maximum Gasteiger partial charge on any atom is 0.347 e. The summed E-state index contributed by atoms with van der Waals surface area (Å²) in [5, 5.41) is 14.7. The second-order valence-corrected chi connectivity index (χ2v) is 8.43. The van der Waals surface area contributed by atoms with E-state index in [1.165, 1.54) is 29.1 Å². The van der Waals surface area contributed by atoms with E-state index in [4.69, 9.17) is 0 Å². The number of hydrogen-bond acceptors (Lipinski definition) is 6. The second kappa shape index (κ2) is 6.98. The number of thiophene rings is 1. The van der Waals surface area contributed by atoms with Crippen LogP contribution in [0, 0.1) is 0 Å². The molecule has 8 nitrogen and oxygen atoms in total. The SMILES string of the molecule is C[C@@H](c1ccc(-n2cncn2)cc1)N(C)S(=O)(=O)c1ccsc1C(=O)O. The van der Waals surface area contributed by atoms with Gasteiger partial charge in [0.15, 0.2) is 0 Å². The first kappa shape index (κ1) is 18.2. The molecular formula is C16H16N4O4S2. The van der Waals surface area contributed by atoms with Crippen LogP contribution in [0.4, 0.5) is 0 Å². The minimum atomic E-state index is -3.94. The van der Waals surface area contributed by atoms with Crippen LogP contribution in [-0.2, 0) is 10.0 Å². The van der Waals surface area contributed by atoms with E-state index in [2.05, 4.69) is 10.1 Å². The smallest absolute Gasteiger partial charge is 0.347 e. The predicted molar refractivity (Wildman–Crippen MR) is 96.0 cm³/mol. The summed E-state index contributed by atoms with van der Waals surface area (Å²) >= 11 is 0.889. The first-order valence-corrected chi connectivity index (χ1v) is 9.88. The molecule has 2 heterocycles. The molecule has 3 rings (SSSR count). The van der Waals surface area contributed by atoms with Crippen molar-refractivity contribution in [1.29, 1.82) is 0 Å². The molecule has 0 fully saturated rings. The van der Waals surface area contributed by atoms with Crippen LogP contribution in [0.3, 0.4) is 0 Å². The molecule has 0 aliphatic rings. The van der Waals surface area contributed by atoms with Gasteiger partial charge in [-0.1, -0.05) is 12.1 Å². The van der Waals surface area contributed by atoms with Crippen LogP contribution in [0.25, 0.3) is 5.69 Å². The van der Waals surface area contributed by atoms with Crippen molar-refractivity contribution in [3.8, 4) is 5.69 Å². The summed E-state index contributed by atoms with van der Waals surface area (Å²) in [4.78, 5) is 14.8. The molecule has 3 aromatic rings. The molecule has 10 heteroatoms. The molecule has 136 valence electrons. The summed E-state index contributed by atoms with van der Waals surface area (Å²) < 4.78 is 28.4. The van der Waals surface area contributed by atoms with Gasteiger partial charge in [-0.3, -0.25) is 0 Å². The minimum absolute atomic E-state index is 0.189. The van der Waals surface area contributed by atoms with Crippen molar-refractivity contribution in [2.45, 2.75) is 17.9 Å². The lowest BCUT2D eigenvalue weighted by Gasteiger charge is -2.24. The van der Waals surface area contributed by atoms with Gasteiger partial charge in [0.25, 0.3) is 0 Å². The number of carboxylic acids is 1. The van der Waals surface area contributed by atoms with E-state index in [-0.39, 0.29) is 9.77 Å². The first-order valence-electron chi connectivity index (χ1n) is 7.56. The molecule has 1 N–H and O–H groups in total. The van der Waals surface area contributed by atoms with E-state index in [9.17, 15) is 18.3 Å². The van der Waals surface area contributed by atoms with Crippen molar-refractivity contribution >= 4 is 27.3 Å². The largest absolute Gasteiger partial charge is 0.477 e. The topological polar surface area (TPSA) is 105 Å². The highest BCUT2D eigenvalue weighted by molar-refractivity contribution is 7.89. The molecule has 0 aliphatic heterocycles. The summed E-state index contributed by atoms with van der Waals surface area (Å²) in [6, 6.07) is 8.08. The first-order chi connectivity index (χ1) is 12.3. The predicted octanol–water partition coefficient (Wildman–Crippen LogP) is 2.41. The Morgan fingerprint density at radius 1 is 1.27 bits per heavy atom. The van der Waals surface area contributed by atoms with Gasteiger partial charge in [0, 0.05) is 13.1 Å². The molecule has 0 bridgehead atoms. The van der Waals surface area contributed by atoms with Crippen molar-refractivity contribution < 1.29 is 18.3 Å². The number of aromatic carboxylic acids is 1. The summed E-state index contributed by atoms with van der Waals surface area (Å²) in [7, 11) is -2.50. The summed E-state index contributed by atoms with van der Waals surface area (Å²) in [6.07, 6.45) is 3.00. The molecule has 0 saturated carbocycles. The Labute approximate surface area is 154 Å². The number of rotatable bonds is 6. The Kier molecular flexibility index (Phi) is 4.90. The molecular weight excluding hydrogens is 376 g/mol. The van der Waals surface area contributed by atoms with E-state index < -0.39 is 22.0 Å². The number of nitrogens with zero attached hydrogens (tertiary/aromatic N) is 4. The molecule has 2 aromatic heterocycles. The lowest BCUT2D eigenvalue weighted by atomic mass is 10.1. The van der Waals surface area contributed by atoms with Crippen LogP contribution >= 0.6 is 11.3 Å². The van der Waals surface area contributed by atoms with Crippen LogP contribution in [-0.4, -0.2) is 45.6 Å². The molecule has 1 atom stereocenters. The van der Waals surface area contributed by atoms with Gasteiger partial charge in [0.2, 0.25) is 10.0 Å². The zero-order chi connectivity index (χ0) is 18.9. The second-order valence-electron chi connectivity index (χ2n) is 5.55. The van der Waals surface area contributed by atoms with Crippen LogP contribution in [0.5, 0.6) is 0 Å². The number of aromatic nitrogens is 3. The molecule has 0 spiro atoms. The van der Waals surface area contributed by atoms with Crippen LogP contribution in [0.1, 0.15) is 28.2 Å². The molecule has 0 aliphatic carbocycles. The van der Waals surface area contributed by atoms with E-state index in [0.717, 1.165) is 22.6 Å².